The number of amides is 1. The number of aliphatic hydroxyl groups is 1. The number of aliphatic hydroxyl groups excluding tert-OH is 1. The van der Waals surface area contributed by atoms with Crippen LogP contribution >= 0.6 is 0 Å². The van der Waals surface area contributed by atoms with Gasteiger partial charge in [0.25, 0.3) is 5.91 Å². The lowest BCUT2D eigenvalue weighted by molar-refractivity contribution is 0.0917. The van der Waals surface area contributed by atoms with Crippen molar-refractivity contribution < 1.29 is 14.3 Å². The first-order valence-corrected chi connectivity index (χ1v) is 7.24. The minimum atomic E-state index is -0.586. The second-order valence-electron chi connectivity index (χ2n) is 5.12. The molecular formula is C18H17NO3. The molecule has 0 spiro atoms. The Morgan fingerprint density at radius 2 is 1.82 bits per heavy atom. The largest absolute Gasteiger partial charge is 0.451 e. The predicted molar refractivity (Wildman–Crippen MR) is 84.6 cm³/mol. The van der Waals surface area contributed by atoms with Crippen LogP contribution in [0.1, 0.15) is 28.6 Å². The lowest BCUT2D eigenvalue weighted by atomic mass is 10.1. The Kier molecular flexibility index (Phi) is 4.21. The van der Waals surface area contributed by atoms with Gasteiger partial charge in [-0.2, -0.15) is 0 Å². The van der Waals surface area contributed by atoms with E-state index in [0.29, 0.717) is 18.5 Å². The van der Waals surface area contributed by atoms with Gasteiger partial charge in [-0.15, -0.1) is 0 Å². The minimum Gasteiger partial charge on any atom is -0.451 e. The average Bonchev–Trinajstić information content (AvgIpc) is 2.99. The van der Waals surface area contributed by atoms with E-state index in [1.807, 2.05) is 54.6 Å². The standard InChI is InChI=1S/C18H17NO3/c20-15(13-6-2-1-3-7-13)10-11-19-18(21)17-12-14-8-4-5-9-16(14)22-17/h1-9,12,15,20H,10-11H2,(H,19,21)/t15-/m1/s1. The normalized spacial score (nSPS) is 12.2. The Bertz CT molecular complexity index is 731. The molecule has 1 atom stereocenters. The number of hydrogen-bond donors (Lipinski definition) is 2. The summed E-state index contributed by atoms with van der Waals surface area (Å²) in [6, 6.07) is 18.6. The number of furan rings is 1. The molecule has 0 radical (unpaired) electrons. The third kappa shape index (κ3) is 3.18. The Morgan fingerprint density at radius 3 is 2.59 bits per heavy atom. The zero-order chi connectivity index (χ0) is 15.4. The van der Waals surface area contributed by atoms with Crippen LogP contribution in [0.4, 0.5) is 0 Å². The number of nitrogens with one attached hydrogen (secondary N) is 1. The van der Waals surface area contributed by atoms with Gasteiger partial charge < -0.3 is 14.8 Å². The number of carbonyl (C=O) groups is 1. The number of rotatable bonds is 5. The second-order valence-corrected chi connectivity index (χ2v) is 5.12. The second kappa shape index (κ2) is 6.45. The molecule has 0 aliphatic carbocycles. The van der Waals surface area contributed by atoms with Crippen molar-refractivity contribution in [3.63, 3.8) is 0 Å². The van der Waals surface area contributed by atoms with E-state index < -0.39 is 6.10 Å². The molecule has 2 aromatic carbocycles. The van der Waals surface area contributed by atoms with Crippen molar-refractivity contribution in [2.75, 3.05) is 6.54 Å². The van der Waals surface area contributed by atoms with Crippen molar-refractivity contribution in [1.82, 2.24) is 5.32 Å². The van der Waals surface area contributed by atoms with Gasteiger partial charge in [0.15, 0.2) is 5.76 Å². The molecule has 0 aliphatic heterocycles. The number of benzene rings is 2. The summed E-state index contributed by atoms with van der Waals surface area (Å²) in [6.45, 7) is 0.381. The first-order chi connectivity index (χ1) is 10.7. The Morgan fingerprint density at radius 1 is 1.09 bits per heavy atom. The van der Waals surface area contributed by atoms with Gasteiger partial charge in [0.05, 0.1) is 6.10 Å². The zero-order valence-electron chi connectivity index (χ0n) is 12.0. The Balaban J connectivity index is 1.56. The number of fused-ring (bicyclic) bond motifs is 1. The van der Waals surface area contributed by atoms with Gasteiger partial charge in [-0.3, -0.25) is 4.79 Å². The first-order valence-electron chi connectivity index (χ1n) is 7.24. The fourth-order valence-electron chi connectivity index (χ4n) is 2.35. The van der Waals surface area contributed by atoms with Crippen molar-refractivity contribution in [3.8, 4) is 0 Å². The zero-order valence-corrected chi connectivity index (χ0v) is 12.0. The van der Waals surface area contributed by atoms with E-state index in [0.717, 1.165) is 10.9 Å². The highest BCUT2D eigenvalue weighted by Crippen LogP contribution is 2.19. The van der Waals surface area contributed by atoms with E-state index in [2.05, 4.69) is 5.32 Å². The number of hydrogen-bond acceptors (Lipinski definition) is 3. The van der Waals surface area contributed by atoms with Crippen LogP contribution in [0.25, 0.3) is 11.0 Å². The highest BCUT2D eigenvalue weighted by Gasteiger charge is 2.13. The smallest absolute Gasteiger partial charge is 0.287 e. The average molecular weight is 295 g/mol. The monoisotopic (exact) mass is 295 g/mol. The highest BCUT2D eigenvalue weighted by atomic mass is 16.3. The van der Waals surface area contributed by atoms with Crippen LogP contribution in [0.2, 0.25) is 0 Å². The molecule has 4 nitrogen and oxygen atoms in total. The predicted octanol–water partition coefficient (Wildman–Crippen LogP) is 3.29. The fraction of sp³-hybridized carbons (Fsp3) is 0.167. The molecular weight excluding hydrogens is 278 g/mol. The van der Waals surface area contributed by atoms with E-state index >= 15 is 0 Å². The van der Waals surface area contributed by atoms with E-state index in [9.17, 15) is 9.90 Å². The van der Waals surface area contributed by atoms with Gasteiger partial charge in [-0.05, 0) is 24.1 Å². The third-order valence-corrected chi connectivity index (χ3v) is 3.54. The molecule has 0 fully saturated rings. The van der Waals surface area contributed by atoms with E-state index in [4.69, 9.17) is 4.42 Å². The molecule has 1 heterocycles. The van der Waals surface area contributed by atoms with Gasteiger partial charge >= 0.3 is 0 Å². The SMILES string of the molecule is O=C(NCC[C@@H](O)c1ccccc1)c1cc2ccccc2o1. The van der Waals surface area contributed by atoms with E-state index in [1.54, 1.807) is 6.07 Å². The van der Waals surface area contributed by atoms with Crippen molar-refractivity contribution in [3.05, 3.63) is 72.0 Å². The summed E-state index contributed by atoms with van der Waals surface area (Å²) >= 11 is 0. The van der Waals surface area contributed by atoms with Crippen LogP contribution in [0.3, 0.4) is 0 Å². The highest BCUT2D eigenvalue weighted by molar-refractivity contribution is 5.96. The maximum absolute atomic E-state index is 12.0. The van der Waals surface area contributed by atoms with E-state index in [-0.39, 0.29) is 11.7 Å². The van der Waals surface area contributed by atoms with Crippen molar-refractivity contribution >= 4 is 16.9 Å². The fourth-order valence-corrected chi connectivity index (χ4v) is 2.35. The molecule has 4 heteroatoms. The van der Waals surface area contributed by atoms with Crippen molar-refractivity contribution in [1.29, 1.82) is 0 Å². The topological polar surface area (TPSA) is 62.5 Å². The van der Waals surface area contributed by atoms with Gasteiger partial charge in [-0.1, -0.05) is 48.5 Å². The molecule has 2 N–H and O–H groups in total. The molecule has 0 saturated heterocycles. The summed E-state index contributed by atoms with van der Waals surface area (Å²) in [5.41, 5.74) is 1.54. The maximum atomic E-state index is 12.0. The van der Waals surface area contributed by atoms with Crippen LogP contribution in [0.5, 0.6) is 0 Å². The molecule has 22 heavy (non-hydrogen) atoms. The molecule has 0 saturated carbocycles. The molecule has 0 unspecified atom stereocenters. The van der Waals surface area contributed by atoms with Gasteiger partial charge in [0, 0.05) is 11.9 Å². The summed E-state index contributed by atoms with van der Waals surface area (Å²) in [5, 5.41) is 13.7. The van der Waals surface area contributed by atoms with Crippen LogP contribution in [0, 0.1) is 0 Å². The van der Waals surface area contributed by atoms with Crippen LogP contribution in [0.15, 0.2) is 65.1 Å². The molecule has 1 amide bonds. The van der Waals surface area contributed by atoms with Crippen LogP contribution in [-0.2, 0) is 0 Å². The molecule has 112 valence electrons. The molecule has 1 aromatic heterocycles. The summed E-state index contributed by atoms with van der Waals surface area (Å²) in [6.07, 6.45) is -0.132. The van der Waals surface area contributed by atoms with Gasteiger partial charge in [0.2, 0.25) is 0 Å². The van der Waals surface area contributed by atoms with Crippen LogP contribution in [-0.4, -0.2) is 17.6 Å². The van der Waals surface area contributed by atoms with Gasteiger partial charge in [-0.25, -0.2) is 0 Å². The van der Waals surface area contributed by atoms with Crippen molar-refractivity contribution in [2.45, 2.75) is 12.5 Å². The molecule has 0 aliphatic rings. The lowest BCUT2D eigenvalue weighted by Crippen LogP contribution is -2.25. The minimum absolute atomic E-state index is 0.267. The lowest BCUT2D eigenvalue weighted by Gasteiger charge is -2.10. The molecule has 3 aromatic rings. The summed E-state index contributed by atoms with van der Waals surface area (Å²) in [5.74, 6) is 0.0202. The summed E-state index contributed by atoms with van der Waals surface area (Å²) in [7, 11) is 0. The molecule has 3 rings (SSSR count). The van der Waals surface area contributed by atoms with Crippen molar-refractivity contribution in [2.24, 2.45) is 0 Å². The Labute approximate surface area is 128 Å². The van der Waals surface area contributed by atoms with Gasteiger partial charge in [0.1, 0.15) is 5.58 Å². The van der Waals surface area contributed by atoms with Crippen LogP contribution < -0.4 is 5.32 Å². The number of carbonyl (C=O) groups excluding carboxylic acids is 1. The first kappa shape index (κ1) is 14.4. The summed E-state index contributed by atoms with van der Waals surface area (Å²) in [4.78, 5) is 12.0. The van der Waals surface area contributed by atoms with E-state index in [1.165, 1.54) is 0 Å². The molecule has 0 bridgehead atoms. The quantitative estimate of drug-likeness (QED) is 0.759. The Hall–Kier alpha value is -2.59. The number of para-hydroxylation sites is 1. The third-order valence-electron chi connectivity index (χ3n) is 3.54. The maximum Gasteiger partial charge on any atom is 0.287 e. The summed E-state index contributed by atoms with van der Waals surface area (Å²) < 4.78 is 5.50.